The summed E-state index contributed by atoms with van der Waals surface area (Å²) < 4.78 is 1.56. The lowest BCUT2D eigenvalue weighted by molar-refractivity contribution is 0.863. The SMILES string of the molecule is Cc1nc(Cl)n(-c2ccc(Cl)cc2)n1. The van der Waals surface area contributed by atoms with Crippen LogP contribution in [-0.2, 0) is 0 Å². The summed E-state index contributed by atoms with van der Waals surface area (Å²) in [6.45, 7) is 1.79. The molecule has 0 fully saturated rings. The Hall–Kier alpha value is -1.06. The first-order valence-corrected chi connectivity index (χ1v) is 4.77. The van der Waals surface area contributed by atoms with Crippen LogP contribution in [0.3, 0.4) is 0 Å². The summed E-state index contributed by atoms with van der Waals surface area (Å²) in [6.07, 6.45) is 0. The summed E-state index contributed by atoms with van der Waals surface area (Å²) in [5.74, 6) is 0.643. The molecule has 0 aliphatic heterocycles. The zero-order chi connectivity index (χ0) is 10.1. The molecule has 3 nitrogen and oxygen atoms in total. The molecule has 0 radical (unpaired) electrons. The average molecular weight is 228 g/mol. The number of halogens is 2. The van der Waals surface area contributed by atoms with Crippen LogP contribution in [0, 0.1) is 6.92 Å². The van der Waals surface area contributed by atoms with Gasteiger partial charge >= 0.3 is 0 Å². The third-order valence-electron chi connectivity index (χ3n) is 1.74. The van der Waals surface area contributed by atoms with Gasteiger partial charge in [-0.05, 0) is 42.8 Å². The first kappa shape index (κ1) is 9.49. The van der Waals surface area contributed by atoms with Crippen LogP contribution in [0.5, 0.6) is 0 Å². The van der Waals surface area contributed by atoms with Gasteiger partial charge in [0.1, 0.15) is 5.82 Å². The highest BCUT2D eigenvalue weighted by atomic mass is 35.5. The van der Waals surface area contributed by atoms with Crippen molar-refractivity contribution in [2.24, 2.45) is 0 Å². The standard InChI is InChI=1S/C9H7Cl2N3/c1-6-12-9(11)14(13-6)8-4-2-7(10)3-5-8/h2-5H,1H3. The molecule has 1 heterocycles. The molecule has 0 aliphatic rings. The van der Waals surface area contributed by atoms with Gasteiger partial charge in [0.2, 0.25) is 5.28 Å². The molecule has 0 amide bonds. The maximum absolute atomic E-state index is 5.88. The van der Waals surface area contributed by atoms with E-state index in [1.807, 2.05) is 12.1 Å². The van der Waals surface area contributed by atoms with E-state index in [1.54, 1.807) is 23.7 Å². The number of hydrogen-bond acceptors (Lipinski definition) is 2. The van der Waals surface area contributed by atoms with Gasteiger partial charge in [0.15, 0.2) is 0 Å². The Balaban J connectivity index is 2.49. The van der Waals surface area contributed by atoms with Crippen molar-refractivity contribution in [1.29, 1.82) is 0 Å². The van der Waals surface area contributed by atoms with Crippen LogP contribution >= 0.6 is 23.2 Å². The molecular formula is C9H7Cl2N3. The van der Waals surface area contributed by atoms with Crippen molar-refractivity contribution < 1.29 is 0 Å². The number of rotatable bonds is 1. The van der Waals surface area contributed by atoms with Gasteiger partial charge in [-0.3, -0.25) is 0 Å². The summed E-state index contributed by atoms with van der Waals surface area (Å²) in [5.41, 5.74) is 0.847. The maximum Gasteiger partial charge on any atom is 0.225 e. The van der Waals surface area contributed by atoms with Gasteiger partial charge in [0.25, 0.3) is 0 Å². The van der Waals surface area contributed by atoms with Crippen molar-refractivity contribution in [3.05, 3.63) is 40.4 Å². The molecule has 0 N–H and O–H groups in total. The lowest BCUT2D eigenvalue weighted by Gasteiger charge is -2.00. The Morgan fingerprint density at radius 2 is 1.79 bits per heavy atom. The molecular weight excluding hydrogens is 221 g/mol. The maximum atomic E-state index is 5.88. The molecule has 0 atom stereocenters. The van der Waals surface area contributed by atoms with Crippen LogP contribution in [0.4, 0.5) is 0 Å². The minimum Gasteiger partial charge on any atom is -0.203 e. The summed E-state index contributed by atoms with van der Waals surface area (Å²) >= 11 is 11.6. The largest absolute Gasteiger partial charge is 0.225 e. The third-order valence-corrected chi connectivity index (χ3v) is 2.24. The van der Waals surface area contributed by atoms with E-state index in [1.165, 1.54) is 0 Å². The quantitative estimate of drug-likeness (QED) is 0.751. The Labute approximate surface area is 91.3 Å². The Bertz CT molecular complexity index is 448. The van der Waals surface area contributed by atoms with Crippen LogP contribution in [0.25, 0.3) is 5.69 Å². The van der Waals surface area contributed by atoms with Crippen molar-refractivity contribution in [3.8, 4) is 5.69 Å². The van der Waals surface area contributed by atoms with Crippen molar-refractivity contribution in [2.75, 3.05) is 0 Å². The molecule has 1 aromatic heterocycles. The van der Waals surface area contributed by atoms with E-state index in [0.29, 0.717) is 16.1 Å². The fourth-order valence-electron chi connectivity index (χ4n) is 1.14. The van der Waals surface area contributed by atoms with Gasteiger partial charge in [-0.25, -0.2) is 9.67 Å². The van der Waals surface area contributed by atoms with Crippen LogP contribution in [-0.4, -0.2) is 14.8 Å². The molecule has 0 spiro atoms. The van der Waals surface area contributed by atoms with Crippen molar-refractivity contribution in [3.63, 3.8) is 0 Å². The highest BCUT2D eigenvalue weighted by Gasteiger charge is 2.05. The lowest BCUT2D eigenvalue weighted by Crippen LogP contribution is -1.96. The van der Waals surface area contributed by atoms with E-state index in [0.717, 1.165) is 5.69 Å². The Kier molecular flexibility index (Phi) is 2.44. The van der Waals surface area contributed by atoms with E-state index in [9.17, 15) is 0 Å². The first-order chi connectivity index (χ1) is 6.66. The van der Waals surface area contributed by atoms with Crippen molar-refractivity contribution in [2.45, 2.75) is 6.92 Å². The molecule has 0 saturated carbocycles. The fourth-order valence-corrected chi connectivity index (χ4v) is 1.52. The highest BCUT2D eigenvalue weighted by Crippen LogP contribution is 2.16. The monoisotopic (exact) mass is 227 g/mol. The minimum absolute atomic E-state index is 0.352. The Morgan fingerprint density at radius 3 is 2.29 bits per heavy atom. The lowest BCUT2D eigenvalue weighted by atomic mass is 10.3. The molecule has 2 rings (SSSR count). The van der Waals surface area contributed by atoms with E-state index in [-0.39, 0.29) is 0 Å². The number of aryl methyl sites for hydroxylation is 1. The smallest absolute Gasteiger partial charge is 0.203 e. The molecule has 1 aromatic carbocycles. The first-order valence-electron chi connectivity index (χ1n) is 4.02. The van der Waals surface area contributed by atoms with Crippen molar-refractivity contribution >= 4 is 23.2 Å². The second kappa shape index (κ2) is 3.59. The Morgan fingerprint density at radius 1 is 1.14 bits per heavy atom. The van der Waals surface area contributed by atoms with Gasteiger partial charge in [0.05, 0.1) is 5.69 Å². The topological polar surface area (TPSA) is 30.7 Å². The molecule has 0 aliphatic carbocycles. The summed E-state index contributed by atoms with van der Waals surface area (Å²) in [5, 5.41) is 5.17. The molecule has 2 aromatic rings. The highest BCUT2D eigenvalue weighted by molar-refractivity contribution is 6.30. The zero-order valence-electron chi connectivity index (χ0n) is 7.41. The van der Waals surface area contributed by atoms with Gasteiger partial charge in [-0.2, -0.15) is 5.10 Å². The predicted molar refractivity (Wildman–Crippen MR) is 56.1 cm³/mol. The van der Waals surface area contributed by atoms with E-state index >= 15 is 0 Å². The third kappa shape index (κ3) is 1.74. The van der Waals surface area contributed by atoms with Crippen LogP contribution in [0.1, 0.15) is 5.82 Å². The number of hydrogen-bond donors (Lipinski definition) is 0. The molecule has 0 unspecified atom stereocenters. The molecule has 5 heteroatoms. The zero-order valence-corrected chi connectivity index (χ0v) is 8.92. The molecule has 14 heavy (non-hydrogen) atoms. The molecule has 0 saturated heterocycles. The predicted octanol–water partition coefficient (Wildman–Crippen LogP) is 2.88. The van der Waals surface area contributed by atoms with Crippen molar-refractivity contribution in [1.82, 2.24) is 14.8 Å². The second-order valence-corrected chi connectivity index (χ2v) is 3.59. The fraction of sp³-hybridized carbons (Fsp3) is 0.111. The summed E-state index contributed by atoms with van der Waals surface area (Å²) in [7, 11) is 0. The van der Waals surface area contributed by atoms with Gasteiger partial charge in [-0.15, -0.1) is 0 Å². The molecule has 0 bridgehead atoms. The number of nitrogens with zero attached hydrogens (tertiary/aromatic N) is 3. The van der Waals surface area contributed by atoms with Crippen LogP contribution in [0.2, 0.25) is 10.3 Å². The van der Waals surface area contributed by atoms with Crippen LogP contribution in [0.15, 0.2) is 24.3 Å². The number of benzene rings is 1. The van der Waals surface area contributed by atoms with Crippen LogP contribution < -0.4 is 0 Å². The van der Waals surface area contributed by atoms with Gasteiger partial charge in [0, 0.05) is 5.02 Å². The van der Waals surface area contributed by atoms with E-state index in [4.69, 9.17) is 23.2 Å². The molecule has 72 valence electrons. The number of aromatic nitrogens is 3. The average Bonchev–Trinajstić information content (AvgIpc) is 2.47. The van der Waals surface area contributed by atoms with E-state index in [2.05, 4.69) is 10.1 Å². The summed E-state index contributed by atoms with van der Waals surface area (Å²) in [6, 6.07) is 7.24. The van der Waals surface area contributed by atoms with Gasteiger partial charge < -0.3 is 0 Å². The second-order valence-electron chi connectivity index (χ2n) is 2.82. The minimum atomic E-state index is 0.352. The van der Waals surface area contributed by atoms with Gasteiger partial charge in [-0.1, -0.05) is 11.6 Å². The summed E-state index contributed by atoms with van der Waals surface area (Å²) in [4.78, 5) is 3.99. The normalized spacial score (nSPS) is 10.5. The van der Waals surface area contributed by atoms with E-state index < -0.39 is 0 Å².